The lowest BCUT2D eigenvalue weighted by atomic mass is 9.87. The summed E-state index contributed by atoms with van der Waals surface area (Å²) < 4.78 is 0.738. The van der Waals surface area contributed by atoms with Crippen LogP contribution in [-0.2, 0) is 4.79 Å². The molecule has 4 nitrogen and oxygen atoms in total. The van der Waals surface area contributed by atoms with E-state index in [9.17, 15) is 4.79 Å². The molecule has 0 fully saturated rings. The van der Waals surface area contributed by atoms with Crippen LogP contribution in [0, 0.1) is 5.41 Å². The second-order valence-electron chi connectivity index (χ2n) is 4.82. The van der Waals surface area contributed by atoms with E-state index in [0.717, 1.165) is 4.47 Å². The molecule has 1 heterocycles. The van der Waals surface area contributed by atoms with Crippen LogP contribution in [0.25, 0.3) is 0 Å². The number of anilines is 1. The van der Waals surface area contributed by atoms with Gasteiger partial charge in [-0.3, -0.25) is 4.79 Å². The second-order valence-corrected chi connectivity index (χ2v) is 6.10. The number of nitrogens with one attached hydrogen (secondary N) is 1. The summed E-state index contributed by atoms with van der Waals surface area (Å²) >= 11 is 9.13. The first-order valence-corrected chi connectivity index (χ1v) is 6.26. The first-order chi connectivity index (χ1) is 7.71. The molecule has 0 radical (unpaired) electrons. The summed E-state index contributed by atoms with van der Waals surface area (Å²) in [6.07, 6.45) is 1.56. The first kappa shape index (κ1) is 14.4. The fraction of sp³-hybridized carbons (Fsp3) is 0.455. The van der Waals surface area contributed by atoms with Crippen molar-refractivity contribution >= 4 is 39.1 Å². The maximum Gasteiger partial charge on any atom is 0.241 e. The van der Waals surface area contributed by atoms with E-state index in [2.05, 4.69) is 26.2 Å². The molecule has 17 heavy (non-hydrogen) atoms. The van der Waals surface area contributed by atoms with Gasteiger partial charge in [-0.15, -0.1) is 0 Å². The Morgan fingerprint density at radius 2 is 2.18 bits per heavy atom. The molecule has 0 aliphatic heterocycles. The minimum absolute atomic E-state index is 0.239. The largest absolute Gasteiger partial charge is 0.322 e. The Hall–Kier alpha value is -0.650. The van der Waals surface area contributed by atoms with E-state index in [1.165, 1.54) is 0 Å². The SMILES string of the molecule is CC(C)(C)[C@@H](N)C(=O)Nc1cc(Br)cnc1Cl. The van der Waals surface area contributed by atoms with Gasteiger partial charge in [-0.25, -0.2) is 4.98 Å². The smallest absolute Gasteiger partial charge is 0.241 e. The standard InChI is InChI=1S/C11H15BrClN3O/c1-11(2,3)8(14)10(17)16-7-4-6(12)5-15-9(7)13/h4-5,8H,14H2,1-3H3,(H,16,17)/t8-/m0/s1. The van der Waals surface area contributed by atoms with Gasteiger partial charge in [-0.05, 0) is 27.4 Å². The second kappa shape index (κ2) is 5.33. The summed E-state index contributed by atoms with van der Waals surface area (Å²) in [5, 5.41) is 2.91. The number of halogens is 2. The molecule has 1 amide bonds. The third-order valence-corrected chi connectivity index (χ3v) is 3.01. The predicted molar refractivity (Wildman–Crippen MR) is 73.0 cm³/mol. The van der Waals surface area contributed by atoms with Crippen molar-refractivity contribution in [3.05, 3.63) is 21.9 Å². The average molecular weight is 321 g/mol. The number of carbonyl (C=O) groups excluding carboxylic acids is 1. The normalized spacial score (nSPS) is 13.3. The van der Waals surface area contributed by atoms with E-state index in [1.807, 2.05) is 20.8 Å². The monoisotopic (exact) mass is 319 g/mol. The highest BCUT2D eigenvalue weighted by Crippen LogP contribution is 2.24. The summed E-state index contributed by atoms with van der Waals surface area (Å²) in [6, 6.07) is 1.07. The summed E-state index contributed by atoms with van der Waals surface area (Å²) in [6.45, 7) is 5.70. The zero-order valence-corrected chi connectivity index (χ0v) is 12.3. The van der Waals surface area contributed by atoms with E-state index in [-0.39, 0.29) is 16.5 Å². The van der Waals surface area contributed by atoms with Crippen molar-refractivity contribution in [3.63, 3.8) is 0 Å². The van der Waals surface area contributed by atoms with Crippen molar-refractivity contribution in [2.45, 2.75) is 26.8 Å². The van der Waals surface area contributed by atoms with Gasteiger partial charge in [0.1, 0.15) is 0 Å². The molecule has 0 unspecified atom stereocenters. The molecule has 3 N–H and O–H groups in total. The molecule has 1 aromatic rings. The van der Waals surface area contributed by atoms with Gasteiger partial charge in [0, 0.05) is 10.7 Å². The van der Waals surface area contributed by atoms with Crippen LogP contribution in [0.15, 0.2) is 16.7 Å². The Kier molecular flexibility index (Phi) is 4.52. The molecule has 0 aromatic carbocycles. The maximum atomic E-state index is 11.9. The van der Waals surface area contributed by atoms with Crippen LogP contribution in [0.5, 0.6) is 0 Å². The number of carbonyl (C=O) groups is 1. The summed E-state index contributed by atoms with van der Waals surface area (Å²) in [5.74, 6) is -0.278. The van der Waals surface area contributed by atoms with Crippen LogP contribution in [0.4, 0.5) is 5.69 Å². The minimum Gasteiger partial charge on any atom is -0.322 e. The quantitative estimate of drug-likeness (QED) is 0.823. The maximum absolute atomic E-state index is 11.9. The number of hydrogen-bond donors (Lipinski definition) is 2. The fourth-order valence-electron chi connectivity index (χ4n) is 1.11. The third-order valence-electron chi connectivity index (χ3n) is 2.28. The molecule has 6 heteroatoms. The highest BCUT2D eigenvalue weighted by molar-refractivity contribution is 9.10. The van der Waals surface area contributed by atoms with Crippen LogP contribution >= 0.6 is 27.5 Å². The number of amides is 1. The molecule has 94 valence electrons. The van der Waals surface area contributed by atoms with E-state index in [1.54, 1.807) is 12.3 Å². The van der Waals surface area contributed by atoms with Gasteiger partial charge in [0.2, 0.25) is 5.91 Å². The van der Waals surface area contributed by atoms with E-state index >= 15 is 0 Å². The van der Waals surface area contributed by atoms with Gasteiger partial charge < -0.3 is 11.1 Å². The van der Waals surface area contributed by atoms with Crippen LogP contribution in [0.3, 0.4) is 0 Å². The van der Waals surface area contributed by atoms with Crippen molar-refractivity contribution in [1.29, 1.82) is 0 Å². The number of hydrogen-bond acceptors (Lipinski definition) is 3. The van der Waals surface area contributed by atoms with Crippen molar-refractivity contribution in [2.75, 3.05) is 5.32 Å². The van der Waals surface area contributed by atoms with E-state index < -0.39 is 6.04 Å². The van der Waals surface area contributed by atoms with Crippen LogP contribution in [0.2, 0.25) is 5.15 Å². The Labute approximate surface area is 114 Å². The Morgan fingerprint density at radius 3 is 2.71 bits per heavy atom. The molecule has 0 aliphatic rings. The highest BCUT2D eigenvalue weighted by Gasteiger charge is 2.27. The third kappa shape index (κ3) is 3.94. The van der Waals surface area contributed by atoms with Crippen molar-refractivity contribution in [2.24, 2.45) is 11.1 Å². The lowest BCUT2D eigenvalue weighted by molar-refractivity contribution is -0.119. The van der Waals surface area contributed by atoms with Gasteiger partial charge in [0.05, 0.1) is 11.7 Å². The molecule has 1 aromatic heterocycles. The van der Waals surface area contributed by atoms with Gasteiger partial charge in [-0.1, -0.05) is 32.4 Å². The minimum atomic E-state index is -0.613. The molecule has 0 saturated heterocycles. The van der Waals surface area contributed by atoms with Crippen LogP contribution in [-0.4, -0.2) is 16.9 Å². The van der Waals surface area contributed by atoms with Crippen molar-refractivity contribution < 1.29 is 4.79 Å². The number of rotatable bonds is 2. The molecule has 0 aliphatic carbocycles. The summed E-state index contributed by atoms with van der Waals surface area (Å²) in [7, 11) is 0. The number of aromatic nitrogens is 1. The zero-order chi connectivity index (χ0) is 13.2. The highest BCUT2D eigenvalue weighted by atomic mass is 79.9. The van der Waals surface area contributed by atoms with Gasteiger partial charge >= 0.3 is 0 Å². The molecule has 0 spiro atoms. The zero-order valence-electron chi connectivity index (χ0n) is 9.92. The summed E-state index contributed by atoms with van der Waals surface area (Å²) in [5.41, 5.74) is 5.98. The Balaban J connectivity index is 2.85. The first-order valence-electron chi connectivity index (χ1n) is 5.09. The summed E-state index contributed by atoms with van der Waals surface area (Å²) in [4.78, 5) is 15.8. The topological polar surface area (TPSA) is 68.0 Å². The van der Waals surface area contributed by atoms with E-state index in [0.29, 0.717) is 5.69 Å². The molecular weight excluding hydrogens is 305 g/mol. The predicted octanol–water partition coefficient (Wildman–Crippen LogP) is 2.81. The number of nitrogens with two attached hydrogens (primary N) is 1. The molecule has 0 bridgehead atoms. The van der Waals surface area contributed by atoms with E-state index in [4.69, 9.17) is 17.3 Å². The average Bonchev–Trinajstić information content (AvgIpc) is 2.21. The molecular formula is C11H15BrClN3O. The van der Waals surface area contributed by atoms with Crippen molar-refractivity contribution in [3.8, 4) is 0 Å². The molecule has 1 atom stereocenters. The number of nitrogens with zero attached hydrogens (tertiary/aromatic N) is 1. The molecule has 0 saturated carbocycles. The van der Waals surface area contributed by atoms with Crippen LogP contribution < -0.4 is 11.1 Å². The fourth-order valence-corrected chi connectivity index (χ4v) is 1.60. The van der Waals surface area contributed by atoms with Gasteiger partial charge in [0.25, 0.3) is 0 Å². The van der Waals surface area contributed by atoms with Gasteiger partial charge in [0.15, 0.2) is 5.15 Å². The Bertz CT molecular complexity index is 431. The Morgan fingerprint density at radius 1 is 1.59 bits per heavy atom. The van der Waals surface area contributed by atoms with Crippen LogP contribution in [0.1, 0.15) is 20.8 Å². The molecule has 1 rings (SSSR count). The lowest BCUT2D eigenvalue weighted by Gasteiger charge is -2.25. The number of pyridine rings is 1. The van der Waals surface area contributed by atoms with Crippen molar-refractivity contribution in [1.82, 2.24) is 4.98 Å². The lowest BCUT2D eigenvalue weighted by Crippen LogP contribution is -2.45. The van der Waals surface area contributed by atoms with Gasteiger partial charge in [-0.2, -0.15) is 0 Å².